The van der Waals surface area contributed by atoms with Gasteiger partial charge in [-0.15, -0.1) is 13.2 Å². The first-order valence-corrected chi connectivity index (χ1v) is 5.37. The molecule has 0 atom stereocenters. The number of likely N-dealkylation sites (N-methyl/N-ethyl adjacent to an activating group) is 1. The number of hydrogen-bond acceptors (Lipinski definition) is 3. The summed E-state index contributed by atoms with van der Waals surface area (Å²) in [4.78, 5) is 13.3. The van der Waals surface area contributed by atoms with Crippen LogP contribution in [0.5, 0.6) is 0 Å². The minimum atomic E-state index is -5.99. The molecule has 1 rings (SSSR count). The quantitative estimate of drug-likeness (QED) is 0.741. The molecule has 4 nitrogen and oxygen atoms in total. The van der Waals surface area contributed by atoms with E-state index in [1.807, 2.05) is 0 Å². The molecule has 0 saturated carbocycles. The van der Waals surface area contributed by atoms with Crippen LogP contribution in [-0.4, -0.2) is 67.3 Å². The molecule has 11 heteroatoms. The zero-order valence-electron chi connectivity index (χ0n) is 10.2. The lowest BCUT2D eigenvalue weighted by Crippen LogP contribution is -2.59. The Hall–Kier alpha value is -1.10. The van der Waals surface area contributed by atoms with Gasteiger partial charge in [0, 0.05) is 26.2 Å². The highest BCUT2D eigenvalue weighted by Gasteiger charge is 2.68. The monoisotopic (exact) mass is 312 g/mol. The van der Waals surface area contributed by atoms with Crippen LogP contribution in [0.4, 0.5) is 30.7 Å². The molecule has 1 fully saturated rings. The van der Waals surface area contributed by atoms with Crippen LogP contribution in [0.1, 0.15) is 0 Å². The number of ether oxygens (including phenoxy) is 1. The molecule has 0 N–H and O–H groups in total. The molecule has 1 aliphatic rings. The molecular formula is C9H11F7N2O2. The molecule has 1 amide bonds. The second-order valence-electron chi connectivity index (χ2n) is 4.23. The molecule has 0 aromatic rings. The Labute approximate surface area is 109 Å². The number of nitrogens with zero attached hydrogens (tertiary/aromatic N) is 2. The van der Waals surface area contributed by atoms with Crippen LogP contribution in [-0.2, 0) is 9.53 Å². The van der Waals surface area contributed by atoms with Crippen molar-refractivity contribution in [3.8, 4) is 0 Å². The lowest BCUT2D eigenvalue weighted by atomic mass is 10.2. The summed E-state index contributed by atoms with van der Waals surface area (Å²) in [5, 5.41) is 0. The molecule has 0 aromatic heterocycles. The molecule has 0 bridgehead atoms. The highest BCUT2D eigenvalue weighted by Crippen LogP contribution is 2.41. The van der Waals surface area contributed by atoms with Crippen molar-refractivity contribution in [1.29, 1.82) is 0 Å². The Morgan fingerprint density at radius 2 is 1.40 bits per heavy atom. The molecule has 1 saturated heterocycles. The molecular weight excluding hydrogens is 301 g/mol. The number of carbonyl (C=O) groups excluding carboxylic acids is 1. The van der Waals surface area contributed by atoms with Crippen molar-refractivity contribution in [3.05, 3.63) is 0 Å². The number of piperazine rings is 1. The Morgan fingerprint density at radius 1 is 0.950 bits per heavy atom. The van der Waals surface area contributed by atoms with Gasteiger partial charge in [0.15, 0.2) is 0 Å². The SMILES string of the molecule is CN1CCN(C(=O)C(F)(F)C(F)(F)OC(F)(F)F)CC1. The van der Waals surface area contributed by atoms with Crippen molar-refractivity contribution in [2.75, 3.05) is 33.2 Å². The van der Waals surface area contributed by atoms with Crippen LogP contribution < -0.4 is 0 Å². The standard InChI is InChI=1S/C9H11F7N2O2/c1-17-2-4-18(5-3-17)6(19)7(10,11)8(12,13)20-9(14,15)16/h2-5H2,1H3. The van der Waals surface area contributed by atoms with E-state index in [1.54, 1.807) is 11.9 Å². The molecule has 0 spiro atoms. The van der Waals surface area contributed by atoms with Crippen molar-refractivity contribution < 1.29 is 40.3 Å². The van der Waals surface area contributed by atoms with Crippen LogP contribution in [0.3, 0.4) is 0 Å². The fourth-order valence-electron chi connectivity index (χ4n) is 1.54. The molecule has 0 unspecified atom stereocenters. The van der Waals surface area contributed by atoms with E-state index in [0.717, 1.165) is 0 Å². The van der Waals surface area contributed by atoms with Gasteiger partial charge in [0.2, 0.25) is 0 Å². The van der Waals surface area contributed by atoms with E-state index < -0.39 is 24.3 Å². The summed E-state index contributed by atoms with van der Waals surface area (Å²) in [6.07, 6.45) is -12.0. The molecule has 0 aromatic carbocycles. The first kappa shape index (κ1) is 17.0. The van der Waals surface area contributed by atoms with Gasteiger partial charge in [-0.05, 0) is 7.05 Å². The fraction of sp³-hybridized carbons (Fsp3) is 0.889. The zero-order chi connectivity index (χ0) is 15.8. The highest BCUT2D eigenvalue weighted by atomic mass is 19.4. The number of alkyl halides is 7. The number of carbonyl (C=O) groups is 1. The lowest BCUT2D eigenvalue weighted by molar-refractivity contribution is -0.458. The Kier molecular flexibility index (Phi) is 4.54. The molecule has 0 radical (unpaired) electrons. The maximum Gasteiger partial charge on any atom is 0.527 e. The Balaban J connectivity index is 2.83. The molecule has 20 heavy (non-hydrogen) atoms. The summed E-state index contributed by atoms with van der Waals surface area (Å²) in [5.41, 5.74) is 0. The van der Waals surface area contributed by atoms with Crippen LogP contribution in [0.2, 0.25) is 0 Å². The van der Waals surface area contributed by atoms with E-state index in [9.17, 15) is 35.5 Å². The first-order chi connectivity index (χ1) is 8.87. The predicted molar refractivity (Wildman–Crippen MR) is 51.1 cm³/mol. The Bertz CT molecular complexity index is 364. The minimum Gasteiger partial charge on any atom is -0.335 e. The van der Waals surface area contributed by atoms with E-state index in [1.165, 1.54) is 0 Å². The van der Waals surface area contributed by atoms with Gasteiger partial charge in [-0.2, -0.15) is 17.6 Å². The predicted octanol–water partition coefficient (Wildman–Crippen LogP) is 1.52. The van der Waals surface area contributed by atoms with Crippen molar-refractivity contribution in [2.45, 2.75) is 18.4 Å². The lowest BCUT2D eigenvalue weighted by Gasteiger charge is -2.35. The first-order valence-electron chi connectivity index (χ1n) is 5.37. The van der Waals surface area contributed by atoms with E-state index in [2.05, 4.69) is 4.74 Å². The zero-order valence-corrected chi connectivity index (χ0v) is 10.2. The highest BCUT2D eigenvalue weighted by molar-refractivity contribution is 5.84. The van der Waals surface area contributed by atoms with Crippen molar-refractivity contribution in [3.63, 3.8) is 0 Å². The van der Waals surface area contributed by atoms with Crippen molar-refractivity contribution >= 4 is 5.91 Å². The van der Waals surface area contributed by atoms with Gasteiger partial charge in [-0.3, -0.25) is 4.79 Å². The van der Waals surface area contributed by atoms with E-state index in [-0.39, 0.29) is 26.2 Å². The number of rotatable bonds is 3. The number of halogens is 7. The third kappa shape index (κ3) is 3.72. The normalized spacial score (nSPS) is 19.3. The second-order valence-corrected chi connectivity index (χ2v) is 4.23. The third-order valence-electron chi connectivity index (χ3n) is 2.67. The van der Waals surface area contributed by atoms with Crippen LogP contribution in [0, 0.1) is 0 Å². The maximum absolute atomic E-state index is 13.2. The van der Waals surface area contributed by atoms with Crippen LogP contribution in [0.25, 0.3) is 0 Å². The average molecular weight is 312 g/mol. The summed E-state index contributed by atoms with van der Waals surface area (Å²) < 4.78 is 89.2. The van der Waals surface area contributed by atoms with Gasteiger partial charge >= 0.3 is 24.3 Å². The molecule has 1 aliphatic heterocycles. The summed E-state index contributed by atoms with van der Waals surface area (Å²) in [6.45, 7) is -0.277. The molecule has 1 heterocycles. The van der Waals surface area contributed by atoms with E-state index in [4.69, 9.17) is 0 Å². The third-order valence-corrected chi connectivity index (χ3v) is 2.67. The largest absolute Gasteiger partial charge is 0.527 e. The molecule has 118 valence electrons. The number of hydrogen-bond donors (Lipinski definition) is 0. The second kappa shape index (κ2) is 5.35. The Morgan fingerprint density at radius 3 is 1.80 bits per heavy atom. The van der Waals surface area contributed by atoms with Crippen molar-refractivity contribution in [1.82, 2.24) is 9.80 Å². The summed E-state index contributed by atoms with van der Waals surface area (Å²) in [5.74, 6) is -7.99. The van der Waals surface area contributed by atoms with E-state index >= 15 is 0 Å². The van der Waals surface area contributed by atoms with Gasteiger partial charge in [-0.1, -0.05) is 0 Å². The van der Waals surface area contributed by atoms with Gasteiger partial charge in [0.05, 0.1) is 0 Å². The smallest absolute Gasteiger partial charge is 0.335 e. The molecule has 0 aliphatic carbocycles. The fourth-order valence-corrected chi connectivity index (χ4v) is 1.54. The summed E-state index contributed by atoms with van der Waals surface area (Å²) in [6, 6.07) is 0. The van der Waals surface area contributed by atoms with Gasteiger partial charge in [0.25, 0.3) is 0 Å². The van der Waals surface area contributed by atoms with Gasteiger partial charge < -0.3 is 9.80 Å². The van der Waals surface area contributed by atoms with Crippen LogP contribution in [0.15, 0.2) is 0 Å². The summed E-state index contributed by atoms with van der Waals surface area (Å²) >= 11 is 0. The van der Waals surface area contributed by atoms with Crippen molar-refractivity contribution in [2.24, 2.45) is 0 Å². The maximum atomic E-state index is 13.2. The van der Waals surface area contributed by atoms with E-state index in [0.29, 0.717) is 4.90 Å². The average Bonchev–Trinajstić information content (AvgIpc) is 2.25. The number of amides is 1. The summed E-state index contributed by atoms with van der Waals surface area (Å²) in [7, 11) is 1.61. The van der Waals surface area contributed by atoms with Gasteiger partial charge in [0.1, 0.15) is 0 Å². The minimum absolute atomic E-state index is 0.146. The van der Waals surface area contributed by atoms with Crippen LogP contribution >= 0.6 is 0 Å². The van der Waals surface area contributed by atoms with Gasteiger partial charge in [-0.25, -0.2) is 4.74 Å². The topological polar surface area (TPSA) is 32.8 Å².